The van der Waals surface area contributed by atoms with Crippen LogP contribution in [0.25, 0.3) is 5.76 Å². The molecule has 1 aromatic carbocycles. The standard InChI is InChI=1S/C30H35N5O7.CH4/c1-34(2)19-11-16(13-33-12-14-5-7-32-8-6-14)24(36)21-17(19)9-15-10-18-23(35(3)4)26(38)22(29(31)41)28(40)30(18,42)27(39)20(15)25(21)37;/h5-8,11,15,18,23,33,36-37,40,42H,9-10,12-13H2,1-4H3,(H2,31,41);1H4/t15-,18-,23-,30-;/m0./s1. The van der Waals surface area contributed by atoms with Crippen molar-refractivity contribution in [3.05, 3.63) is 69.8 Å². The summed E-state index contributed by atoms with van der Waals surface area (Å²) in [5.41, 5.74) is 4.58. The maximum atomic E-state index is 14.1. The first-order valence-corrected chi connectivity index (χ1v) is 13.6. The van der Waals surface area contributed by atoms with Gasteiger partial charge < -0.3 is 36.4 Å². The van der Waals surface area contributed by atoms with Gasteiger partial charge in [-0.2, -0.15) is 0 Å². The Morgan fingerprint density at radius 1 is 1.12 bits per heavy atom. The smallest absolute Gasteiger partial charge is 0.255 e. The maximum absolute atomic E-state index is 14.1. The molecule has 0 aliphatic heterocycles. The highest BCUT2D eigenvalue weighted by Crippen LogP contribution is 2.54. The second-order valence-electron chi connectivity index (χ2n) is 11.6. The fourth-order valence-electron chi connectivity index (χ4n) is 6.72. The van der Waals surface area contributed by atoms with Crippen LogP contribution in [0, 0.1) is 11.8 Å². The average molecular weight is 594 g/mol. The predicted molar refractivity (Wildman–Crippen MR) is 160 cm³/mol. The van der Waals surface area contributed by atoms with E-state index in [-0.39, 0.29) is 43.7 Å². The molecule has 0 spiro atoms. The topological polar surface area (TPSA) is 190 Å². The minimum Gasteiger partial charge on any atom is -0.508 e. The number of anilines is 1. The van der Waals surface area contributed by atoms with Crippen molar-refractivity contribution in [3.8, 4) is 5.75 Å². The number of aliphatic hydroxyl groups excluding tert-OH is 2. The van der Waals surface area contributed by atoms with Gasteiger partial charge in [0.25, 0.3) is 5.91 Å². The van der Waals surface area contributed by atoms with Crippen LogP contribution in [0.5, 0.6) is 5.75 Å². The van der Waals surface area contributed by atoms with Crippen molar-refractivity contribution < 1.29 is 34.8 Å². The van der Waals surface area contributed by atoms with E-state index in [9.17, 15) is 34.8 Å². The number of phenolic OH excluding ortho intramolecular Hbond substituents is 1. The number of pyridine rings is 1. The van der Waals surface area contributed by atoms with Gasteiger partial charge in [-0.15, -0.1) is 0 Å². The molecule has 0 radical (unpaired) electrons. The SMILES string of the molecule is C.CN(C)c1cc(CNCc2ccncc2)c(O)c2c1C[C@H]1C[C@H]3[C@H](N(C)C)C(=O)C(C(N)=O)=C(O)[C@@]3(O)C(=O)C1=C2O. The third-order valence-corrected chi connectivity index (χ3v) is 8.65. The highest BCUT2D eigenvalue weighted by atomic mass is 16.3. The third-order valence-electron chi connectivity index (χ3n) is 8.65. The molecule has 1 fully saturated rings. The lowest BCUT2D eigenvalue weighted by molar-refractivity contribution is -0.153. The highest BCUT2D eigenvalue weighted by Gasteiger charge is 2.64. The van der Waals surface area contributed by atoms with E-state index in [1.165, 1.54) is 4.90 Å². The van der Waals surface area contributed by atoms with Crippen molar-refractivity contribution in [2.75, 3.05) is 33.1 Å². The normalized spacial score (nSPS) is 24.7. The van der Waals surface area contributed by atoms with Crippen LogP contribution in [0.3, 0.4) is 0 Å². The molecule has 1 aromatic heterocycles. The molecule has 1 amide bonds. The second kappa shape index (κ2) is 11.4. The largest absolute Gasteiger partial charge is 0.508 e. The average Bonchev–Trinajstić information content (AvgIpc) is 2.92. The molecule has 0 bridgehead atoms. The number of aromatic hydroxyl groups is 1. The summed E-state index contributed by atoms with van der Waals surface area (Å²) < 4.78 is 0. The zero-order valence-electron chi connectivity index (χ0n) is 23.9. The lowest BCUT2D eigenvalue weighted by Crippen LogP contribution is -2.65. The number of hydrogen-bond acceptors (Lipinski definition) is 11. The van der Waals surface area contributed by atoms with Gasteiger partial charge in [0.1, 0.15) is 22.8 Å². The molecule has 3 aliphatic carbocycles. The van der Waals surface area contributed by atoms with Crippen LogP contribution < -0.4 is 16.0 Å². The lowest BCUT2D eigenvalue weighted by Gasteiger charge is -2.50. The van der Waals surface area contributed by atoms with E-state index >= 15 is 0 Å². The van der Waals surface area contributed by atoms with Crippen molar-refractivity contribution in [1.29, 1.82) is 0 Å². The van der Waals surface area contributed by atoms with Crippen LogP contribution in [-0.4, -0.2) is 87.6 Å². The Labute approximate surface area is 250 Å². The second-order valence-corrected chi connectivity index (χ2v) is 11.6. The fraction of sp³-hybridized carbons (Fsp3) is 0.419. The fourth-order valence-corrected chi connectivity index (χ4v) is 6.72. The number of phenols is 1. The summed E-state index contributed by atoms with van der Waals surface area (Å²) in [4.78, 5) is 46.8. The Morgan fingerprint density at radius 3 is 2.35 bits per heavy atom. The van der Waals surface area contributed by atoms with E-state index in [2.05, 4.69) is 10.3 Å². The molecule has 0 unspecified atom stereocenters. The van der Waals surface area contributed by atoms with Gasteiger partial charge in [0.05, 0.1) is 11.6 Å². The number of hydrogen-bond donors (Lipinski definition) is 6. The van der Waals surface area contributed by atoms with E-state index < -0.39 is 58.0 Å². The van der Waals surface area contributed by atoms with E-state index in [1.54, 1.807) is 26.5 Å². The molecular weight excluding hydrogens is 554 g/mol. The van der Waals surface area contributed by atoms with Crippen LogP contribution in [0.1, 0.15) is 36.1 Å². The molecule has 2 aromatic rings. The van der Waals surface area contributed by atoms with Gasteiger partial charge in [0.2, 0.25) is 5.78 Å². The number of rotatable bonds is 7. The van der Waals surface area contributed by atoms with Gasteiger partial charge in [-0.1, -0.05) is 7.43 Å². The van der Waals surface area contributed by atoms with E-state index in [0.29, 0.717) is 17.7 Å². The predicted octanol–water partition coefficient (Wildman–Crippen LogP) is 1.35. The molecule has 12 nitrogen and oxygen atoms in total. The van der Waals surface area contributed by atoms with E-state index in [1.807, 2.05) is 37.2 Å². The molecule has 230 valence electrons. The number of aliphatic hydroxyl groups is 3. The first-order chi connectivity index (χ1) is 19.8. The first-order valence-electron chi connectivity index (χ1n) is 13.6. The number of ketones is 2. The molecular formula is C31H39N5O7. The molecule has 4 atom stereocenters. The highest BCUT2D eigenvalue weighted by molar-refractivity contribution is 6.24. The number of carbonyl (C=O) groups excluding carboxylic acids is 3. The minimum absolute atomic E-state index is 0. The number of benzene rings is 1. The summed E-state index contributed by atoms with van der Waals surface area (Å²) in [6.07, 6.45) is 3.62. The van der Waals surface area contributed by atoms with Crippen molar-refractivity contribution in [1.82, 2.24) is 15.2 Å². The maximum Gasteiger partial charge on any atom is 0.255 e. The number of nitrogens with zero attached hydrogens (tertiary/aromatic N) is 3. The van der Waals surface area contributed by atoms with Crippen molar-refractivity contribution >= 4 is 28.9 Å². The number of amides is 1. The van der Waals surface area contributed by atoms with Crippen molar-refractivity contribution in [2.45, 2.75) is 45.0 Å². The van der Waals surface area contributed by atoms with Gasteiger partial charge >= 0.3 is 0 Å². The zero-order chi connectivity index (χ0) is 30.7. The molecule has 5 rings (SSSR count). The molecule has 7 N–H and O–H groups in total. The number of aromatic nitrogens is 1. The van der Waals surface area contributed by atoms with Crippen LogP contribution in [0.4, 0.5) is 5.69 Å². The van der Waals surface area contributed by atoms with E-state index in [0.717, 1.165) is 11.3 Å². The first kappa shape index (κ1) is 31.7. The Hall–Kier alpha value is -4.26. The third kappa shape index (κ3) is 4.85. The Bertz CT molecular complexity index is 1550. The minimum atomic E-state index is -2.67. The lowest BCUT2D eigenvalue weighted by atomic mass is 9.57. The summed E-state index contributed by atoms with van der Waals surface area (Å²) in [5, 5.41) is 49.1. The summed E-state index contributed by atoms with van der Waals surface area (Å²) in [7, 11) is 6.80. The van der Waals surface area contributed by atoms with E-state index in [4.69, 9.17) is 5.73 Å². The number of Topliss-reactive ketones (excluding diaryl/α,β-unsaturated/α-hetero) is 2. The summed E-state index contributed by atoms with van der Waals surface area (Å²) in [6.45, 7) is 0.740. The number of carbonyl (C=O) groups is 3. The molecule has 12 heteroatoms. The van der Waals surface area contributed by atoms with Crippen molar-refractivity contribution in [2.24, 2.45) is 17.6 Å². The Balaban J connectivity index is 0.00000423. The van der Waals surface area contributed by atoms with Gasteiger partial charge in [-0.05, 0) is 62.2 Å². The van der Waals surface area contributed by atoms with Crippen LogP contribution >= 0.6 is 0 Å². The number of primary amides is 1. The van der Waals surface area contributed by atoms with Gasteiger partial charge in [0.15, 0.2) is 11.4 Å². The number of nitrogens with one attached hydrogen (secondary N) is 1. The Morgan fingerprint density at radius 2 is 1.77 bits per heavy atom. The summed E-state index contributed by atoms with van der Waals surface area (Å²) in [5.74, 6) is -6.67. The van der Waals surface area contributed by atoms with Crippen LogP contribution in [-0.2, 0) is 33.9 Å². The number of likely N-dealkylation sites (N-methyl/N-ethyl adjacent to an activating group) is 1. The zero-order valence-corrected chi connectivity index (χ0v) is 23.9. The van der Waals surface area contributed by atoms with Crippen molar-refractivity contribution in [3.63, 3.8) is 0 Å². The molecule has 3 aliphatic rings. The van der Waals surface area contributed by atoms with Gasteiger partial charge in [0, 0.05) is 62.3 Å². The molecule has 1 heterocycles. The van der Waals surface area contributed by atoms with Gasteiger partial charge in [-0.25, -0.2) is 0 Å². The number of fused-ring (bicyclic) bond motifs is 3. The molecule has 0 saturated heterocycles. The summed E-state index contributed by atoms with van der Waals surface area (Å²) >= 11 is 0. The van der Waals surface area contributed by atoms with Crippen LogP contribution in [0.15, 0.2) is 47.5 Å². The Kier molecular flexibility index (Phi) is 8.42. The van der Waals surface area contributed by atoms with Gasteiger partial charge in [-0.3, -0.25) is 24.3 Å². The number of nitrogens with two attached hydrogens (primary N) is 1. The monoisotopic (exact) mass is 593 g/mol. The quantitative estimate of drug-likeness (QED) is 0.254. The van der Waals surface area contributed by atoms with Crippen LogP contribution in [0.2, 0.25) is 0 Å². The molecule has 43 heavy (non-hydrogen) atoms. The molecule has 1 saturated carbocycles. The summed E-state index contributed by atoms with van der Waals surface area (Å²) in [6, 6.07) is 4.42.